The molecule has 0 amide bonds. The lowest BCUT2D eigenvalue weighted by Crippen LogP contribution is -2.30. The average molecular weight is 414 g/mol. The van der Waals surface area contributed by atoms with Crippen molar-refractivity contribution >= 4 is 5.78 Å². The van der Waals surface area contributed by atoms with E-state index in [1.807, 2.05) is 42.5 Å². The van der Waals surface area contributed by atoms with Crippen LogP contribution >= 0.6 is 0 Å². The molecule has 0 N–H and O–H groups in total. The van der Waals surface area contributed by atoms with Gasteiger partial charge in [-0.25, -0.2) is 0 Å². The standard InChI is InChI=1S/C28H31NO2/c30-26-19-13-5-3-1-2-4-8-18-24-20-25(26)21-29(28(24)31)27(22-14-9-6-10-15-22)23-16-11-7-12-17-23/h6-7,9-12,14-17,20-21,27H,1-5,8,13,18-19H2. The predicted octanol–water partition coefficient (Wildman–Crippen LogP) is 6.35. The third-order valence-corrected chi connectivity index (χ3v) is 6.30. The Balaban J connectivity index is 1.84. The van der Waals surface area contributed by atoms with Crippen molar-refractivity contribution in [1.29, 1.82) is 0 Å². The molecule has 4 rings (SSSR count). The molecule has 3 aromatic rings. The normalized spacial score (nSPS) is 15.7. The molecule has 2 bridgehead atoms. The molecular formula is C28H31NO2. The van der Waals surface area contributed by atoms with E-state index in [4.69, 9.17) is 0 Å². The van der Waals surface area contributed by atoms with E-state index in [0.717, 1.165) is 48.8 Å². The van der Waals surface area contributed by atoms with Crippen molar-refractivity contribution < 1.29 is 4.79 Å². The molecule has 160 valence electrons. The minimum Gasteiger partial charge on any atom is -0.303 e. The second-order valence-corrected chi connectivity index (χ2v) is 8.59. The summed E-state index contributed by atoms with van der Waals surface area (Å²) in [6.45, 7) is 0. The Bertz CT molecular complexity index is 1010. The summed E-state index contributed by atoms with van der Waals surface area (Å²) in [4.78, 5) is 26.6. The van der Waals surface area contributed by atoms with Crippen LogP contribution in [0.3, 0.4) is 0 Å². The van der Waals surface area contributed by atoms with Gasteiger partial charge in [0.2, 0.25) is 0 Å². The Morgan fingerprint density at radius 3 is 1.74 bits per heavy atom. The molecule has 31 heavy (non-hydrogen) atoms. The van der Waals surface area contributed by atoms with E-state index in [-0.39, 0.29) is 17.4 Å². The number of pyridine rings is 1. The zero-order chi connectivity index (χ0) is 21.5. The fraction of sp³-hybridized carbons (Fsp3) is 0.357. The fourth-order valence-electron chi connectivity index (χ4n) is 4.60. The largest absolute Gasteiger partial charge is 0.303 e. The number of benzene rings is 2. The van der Waals surface area contributed by atoms with Gasteiger partial charge in [0.1, 0.15) is 0 Å². The average Bonchev–Trinajstić information content (AvgIpc) is 2.82. The number of ketones is 1. The number of carbonyl (C=O) groups excluding carboxylic acids is 1. The van der Waals surface area contributed by atoms with Crippen molar-refractivity contribution in [3.63, 3.8) is 0 Å². The Morgan fingerprint density at radius 1 is 0.645 bits per heavy atom. The van der Waals surface area contributed by atoms with Crippen molar-refractivity contribution in [2.24, 2.45) is 0 Å². The third-order valence-electron chi connectivity index (χ3n) is 6.30. The van der Waals surface area contributed by atoms with Gasteiger partial charge in [-0.15, -0.1) is 0 Å². The van der Waals surface area contributed by atoms with Crippen molar-refractivity contribution in [1.82, 2.24) is 4.57 Å². The lowest BCUT2D eigenvalue weighted by atomic mass is 9.96. The van der Waals surface area contributed by atoms with Crippen LogP contribution in [-0.4, -0.2) is 10.4 Å². The number of aromatic nitrogens is 1. The van der Waals surface area contributed by atoms with Gasteiger partial charge in [0.05, 0.1) is 6.04 Å². The predicted molar refractivity (Wildman–Crippen MR) is 126 cm³/mol. The molecule has 0 aliphatic heterocycles. The van der Waals surface area contributed by atoms with E-state index in [9.17, 15) is 9.59 Å². The number of hydrogen-bond donors (Lipinski definition) is 0. The number of rotatable bonds is 3. The molecule has 2 aromatic carbocycles. The van der Waals surface area contributed by atoms with Gasteiger partial charge in [0.15, 0.2) is 5.78 Å². The van der Waals surface area contributed by atoms with E-state index in [1.54, 1.807) is 10.8 Å². The van der Waals surface area contributed by atoms with Gasteiger partial charge < -0.3 is 4.57 Å². The first-order valence-electron chi connectivity index (χ1n) is 11.6. The molecule has 0 saturated heterocycles. The Morgan fingerprint density at radius 2 is 1.16 bits per heavy atom. The molecule has 0 unspecified atom stereocenters. The molecule has 1 heterocycles. The van der Waals surface area contributed by atoms with Crippen LogP contribution in [-0.2, 0) is 6.42 Å². The lowest BCUT2D eigenvalue weighted by molar-refractivity contribution is 0.0978. The van der Waals surface area contributed by atoms with Gasteiger partial charge in [-0.2, -0.15) is 0 Å². The van der Waals surface area contributed by atoms with Gasteiger partial charge in [-0.05, 0) is 36.5 Å². The van der Waals surface area contributed by atoms with Crippen LogP contribution in [0.15, 0.2) is 77.7 Å². The zero-order valence-corrected chi connectivity index (χ0v) is 18.1. The SMILES string of the molecule is O=C1CCCCCCCCCc2cc1cn(C(c1ccccc1)c1ccccc1)c2=O. The van der Waals surface area contributed by atoms with E-state index < -0.39 is 0 Å². The van der Waals surface area contributed by atoms with E-state index in [0.29, 0.717) is 12.0 Å². The summed E-state index contributed by atoms with van der Waals surface area (Å²) in [5.41, 5.74) is 3.55. The van der Waals surface area contributed by atoms with E-state index in [1.165, 1.54) is 19.3 Å². The number of carbonyl (C=O) groups is 1. The molecule has 1 aromatic heterocycles. The summed E-state index contributed by atoms with van der Waals surface area (Å²) in [6, 6.07) is 21.8. The summed E-state index contributed by atoms with van der Waals surface area (Å²) >= 11 is 0. The maximum atomic E-state index is 13.6. The molecule has 0 saturated carbocycles. The molecule has 0 spiro atoms. The first-order chi connectivity index (χ1) is 15.2. The summed E-state index contributed by atoms with van der Waals surface area (Å²) in [7, 11) is 0. The van der Waals surface area contributed by atoms with Gasteiger partial charge in [-0.1, -0.05) is 92.8 Å². The van der Waals surface area contributed by atoms with Crippen LogP contribution in [0.4, 0.5) is 0 Å². The lowest BCUT2D eigenvalue weighted by Gasteiger charge is -2.23. The maximum absolute atomic E-state index is 13.6. The van der Waals surface area contributed by atoms with Crippen molar-refractivity contribution in [3.8, 4) is 0 Å². The highest BCUT2D eigenvalue weighted by Gasteiger charge is 2.21. The third kappa shape index (κ3) is 5.22. The summed E-state index contributed by atoms with van der Waals surface area (Å²) in [5, 5.41) is 0. The van der Waals surface area contributed by atoms with Gasteiger partial charge in [-0.3, -0.25) is 9.59 Å². The number of Topliss-reactive ketones (excluding diaryl/α,β-unsaturated/α-hetero) is 1. The number of aryl methyl sites for hydroxylation is 1. The second-order valence-electron chi connectivity index (χ2n) is 8.59. The van der Waals surface area contributed by atoms with Crippen molar-refractivity contribution in [3.05, 3.63) is 106 Å². The quantitative estimate of drug-likeness (QED) is 0.502. The van der Waals surface area contributed by atoms with Crippen LogP contribution in [0.5, 0.6) is 0 Å². The second kappa shape index (κ2) is 10.4. The maximum Gasteiger partial charge on any atom is 0.254 e. The smallest absolute Gasteiger partial charge is 0.254 e. The summed E-state index contributed by atoms with van der Waals surface area (Å²) in [6.07, 6.45) is 10.9. The minimum atomic E-state index is -0.253. The number of fused-ring (bicyclic) bond motifs is 2. The molecule has 0 fully saturated rings. The highest BCUT2D eigenvalue weighted by atomic mass is 16.1. The van der Waals surface area contributed by atoms with E-state index >= 15 is 0 Å². The first kappa shape index (κ1) is 21.3. The Labute approximate surface area is 184 Å². The Hall–Kier alpha value is -2.94. The monoisotopic (exact) mass is 413 g/mol. The van der Waals surface area contributed by atoms with Gasteiger partial charge in [0, 0.05) is 23.7 Å². The first-order valence-corrected chi connectivity index (χ1v) is 11.6. The molecule has 3 nitrogen and oxygen atoms in total. The zero-order valence-electron chi connectivity index (χ0n) is 18.1. The molecule has 3 heteroatoms. The van der Waals surface area contributed by atoms with Crippen LogP contribution in [0.25, 0.3) is 0 Å². The number of nitrogens with zero attached hydrogens (tertiary/aromatic N) is 1. The van der Waals surface area contributed by atoms with Gasteiger partial charge in [0.25, 0.3) is 5.56 Å². The van der Waals surface area contributed by atoms with Crippen LogP contribution in [0.1, 0.15) is 84.5 Å². The minimum absolute atomic E-state index is 0.0177. The van der Waals surface area contributed by atoms with Crippen molar-refractivity contribution in [2.75, 3.05) is 0 Å². The van der Waals surface area contributed by atoms with Gasteiger partial charge >= 0.3 is 0 Å². The van der Waals surface area contributed by atoms with E-state index in [2.05, 4.69) is 24.3 Å². The molecule has 0 atom stereocenters. The molecule has 0 radical (unpaired) electrons. The van der Waals surface area contributed by atoms with Crippen LogP contribution in [0.2, 0.25) is 0 Å². The fourth-order valence-corrected chi connectivity index (χ4v) is 4.60. The Kier molecular flexibility index (Phi) is 7.14. The van der Waals surface area contributed by atoms with Crippen LogP contribution < -0.4 is 5.56 Å². The summed E-state index contributed by atoms with van der Waals surface area (Å²) in [5.74, 6) is 0.147. The highest BCUT2D eigenvalue weighted by Crippen LogP contribution is 2.26. The molecule has 1 aliphatic carbocycles. The number of hydrogen-bond acceptors (Lipinski definition) is 2. The van der Waals surface area contributed by atoms with Crippen molar-refractivity contribution in [2.45, 2.75) is 63.8 Å². The summed E-state index contributed by atoms with van der Waals surface area (Å²) < 4.78 is 1.80. The topological polar surface area (TPSA) is 39.1 Å². The molecule has 1 aliphatic rings. The van der Waals surface area contributed by atoms with Crippen LogP contribution in [0, 0.1) is 0 Å². The molecular weight excluding hydrogens is 382 g/mol. The highest BCUT2D eigenvalue weighted by molar-refractivity contribution is 5.95.